The zero-order chi connectivity index (χ0) is 15.1. The molecule has 0 aliphatic heterocycles. The van der Waals surface area contributed by atoms with Gasteiger partial charge in [-0.25, -0.2) is 4.98 Å². The van der Waals surface area contributed by atoms with Crippen molar-refractivity contribution >= 4 is 5.82 Å². The van der Waals surface area contributed by atoms with Gasteiger partial charge >= 0.3 is 0 Å². The van der Waals surface area contributed by atoms with E-state index in [0.717, 1.165) is 16.8 Å². The van der Waals surface area contributed by atoms with Crippen LogP contribution in [0.15, 0.2) is 18.5 Å². The number of aliphatic hydroxyl groups excluding tert-OH is 1. The summed E-state index contributed by atoms with van der Waals surface area (Å²) in [7, 11) is 1.85. The summed E-state index contributed by atoms with van der Waals surface area (Å²) in [5, 5.41) is 15.2. The topological polar surface area (TPSA) is 77.0 Å². The number of rotatable bonds is 2. The molecule has 2 rings (SSSR count). The third-order valence-corrected chi connectivity index (χ3v) is 3.24. The lowest BCUT2D eigenvalue weighted by Crippen LogP contribution is -2.17. The molecule has 0 bridgehead atoms. The Bertz CT molecular complexity index is 625. The number of nitrogens with zero attached hydrogens (tertiary/aromatic N) is 3. The van der Waals surface area contributed by atoms with Gasteiger partial charge < -0.3 is 10.8 Å². The molecule has 0 amide bonds. The third-order valence-electron chi connectivity index (χ3n) is 3.24. The first kappa shape index (κ1) is 14.5. The number of anilines is 1. The van der Waals surface area contributed by atoms with Gasteiger partial charge in [0.1, 0.15) is 11.9 Å². The first-order valence-corrected chi connectivity index (χ1v) is 6.64. The van der Waals surface area contributed by atoms with Crippen molar-refractivity contribution < 1.29 is 5.11 Å². The highest BCUT2D eigenvalue weighted by Crippen LogP contribution is 2.33. The second-order valence-electron chi connectivity index (χ2n) is 6.25. The van der Waals surface area contributed by atoms with Crippen LogP contribution in [0.3, 0.4) is 0 Å². The Labute approximate surface area is 119 Å². The Morgan fingerprint density at radius 1 is 1.30 bits per heavy atom. The van der Waals surface area contributed by atoms with E-state index in [1.54, 1.807) is 10.9 Å². The predicted octanol–water partition coefficient (Wildman–Crippen LogP) is 2.08. The van der Waals surface area contributed by atoms with Crippen LogP contribution in [0, 0.1) is 6.92 Å². The molecule has 0 saturated carbocycles. The van der Waals surface area contributed by atoms with Gasteiger partial charge in [-0.05, 0) is 18.6 Å². The lowest BCUT2D eigenvalue weighted by atomic mass is 9.87. The fraction of sp³-hybridized carbons (Fsp3) is 0.467. The zero-order valence-electron chi connectivity index (χ0n) is 12.7. The first-order chi connectivity index (χ1) is 9.20. The van der Waals surface area contributed by atoms with Gasteiger partial charge in [-0.15, -0.1) is 0 Å². The van der Waals surface area contributed by atoms with Crippen LogP contribution in [0.1, 0.15) is 49.3 Å². The summed E-state index contributed by atoms with van der Waals surface area (Å²) in [5.74, 6) is 0.354. The summed E-state index contributed by atoms with van der Waals surface area (Å²) in [5.41, 5.74) is 8.99. The molecule has 0 aliphatic rings. The minimum atomic E-state index is -0.815. The van der Waals surface area contributed by atoms with Crippen molar-refractivity contribution in [2.45, 2.75) is 39.2 Å². The highest BCUT2D eigenvalue weighted by Gasteiger charge is 2.27. The molecule has 2 aromatic rings. The van der Waals surface area contributed by atoms with Crippen LogP contribution in [0.5, 0.6) is 0 Å². The van der Waals surface area contributed by atoms with Crippen LogP contribution in [0.25, 0.3) is 0 Å². The van der Waals surface area contributed by atoms with E-state index in [1.807, 2.05) is 26.2 Å². The number of hydrogen-bond donors (Lipinski definition) is 2. The van der Waals surface area contributed by atoms with Gasteiger partial charge in [-0.2, -0.15) is 5.10 Å². The van der Waals surface area contributed by atoms with Gasteiger partial charge in [-0.3, -0.25) is 4.68 Å². The standard InChI is InChI=1S/C15H22N4O/c1-9-6-10(14(16)17-7-9)12(20)11-8-19(5)18-13(11)15(2,3)4/h6-8,12,20H,1-5H3,(H2,16,17). The van der Waals surface area contributed by atoms with Gasteiger partial charge in [0.15, 0.2) is 0 Å². The zero-order valence-corrected chi connectivity index (χ0v) is 12.7. The maximum absolute atomic E-state index is 10.7. The fourth-order valence-corrected chi connectivity index (χ4v) is 2.28. The number of hydrogen-bond acceptors (Lipinski definition) is 4. The van der Waals surface area contributed by atoms with Crippen LogP contribution >= 0.6 is 0 Å². The third kappa shape index (κ3) is 2.67. The van der Waals surface area contributed by atoms with E-state index in [4.69, 9.17) is 5.73 Å². The molecular weight excluding hydrogens is 252 g/mol. The summed E-state index contributed by atoms with van der Waals surface area (Å²) in [6.07, 6.45) is 2.72. The molecule has 5 heteroatoms. The van der Waals surface area contributed by atoms with E-state index in [0.29, 0.717) is 11.4 Å². The van der Waals surface area contributed by atoms with Gasteiger partial charge in [0.2, 0.25) is 0 Å². The molecule has 0 fully saturated rings. The molecule has 0 saturated heterocycles. The molecule has 3 N–H and O–H groups in total. The maximum Gasteiger partial charge on any atom is 0.129 e. The van der Waals surface area contributed by atoms with Crippen LogP contribution < -0.4 is 5.73 Å². The molecule has 1 unspecified atom stereocenters. The lowest BCUT2D eigenvalue weighted by molar-refractivity contribution is 0.218. The fourth-order valence-electron chi connectivity index (χ4n) is 2.28. The summed E-state index contributed by atoms with van der Waals surface area (Å²) >= 11 is 0. The Hall–Kier alpha value is -1.88. The van der Waals surface area contributed by atoms with E-state index in [1.165, 1.54) is 0 Å². The highest BCUT2D eigenvalue weighted by molar-refractivity contribution is 5.47. The minimum absolute atomic E-state index is 0.149. The van der Waals surface area contributed by atoms with Crippen LogP contribution in [0.4, 0.5) is 5.82 Å². The average molecular weight is 274 g/mol. The van der Waals surface area contributed by atoms with Crippen molar-refractivity contribution in [1.29, 1.82) is 0 Å². The number of aryl methyl sites for hydroxylation is 2. The van der Waals surface area contributed by atoms with Crippen LogP contribution in [-0.4, -0.2) is 19.9 Å². The number of aliphatic hydroxyl groups is 1. The van der Waals surface area contributed by atoms with Crippen molar-refractivity contribution in [2.24, 2.45) is 7.05 Å². The molecule has 0 aromatic carbocycles. The summed E-state index contributed by atoms with van der Waals surface area (Å²) in [4.78, 5) is 4.11. The van der Waals surface area contributed by atoms with Crippen molar-refractivity contribution in [3.8, 4) is 0 Å². The SMILES string of the molecule is Cc1cnc(N)c(C(O)c2cn(C)nc2C(C)(C)C)c1. The molecular formula is C15H22N4O. The Morgan fingerprint density at radius 3 is 2.55 bits per heavy atom. The van der Waals surface area contributed by atoms with Crippen molar-refractivity contribution in [3.63, 3.8) is 0 Å². The first-order valence-electron chi connectivity index (χ1n) is 6.64. The quantitative estimate of drug-likeness (QED) is 0.879. The van der Waals surface area contributed by atoms with E-state index < -0.39 is 6.10 Å². The summed E-state index contributed by atoms with van der Waals surface area (Å²) in [6, 6.07) is 1.87. The van der Waals surface area contributed by atoms with E-state index in [2.05, 4.69) is 30.9 Å². The Morgan fingerprint density at radius 2 is 1.95 bits per heavy atom. The molecule has 0 aliphatic carbocycles. The number of nitrogens with two attached hydrogens (primary N) is 1. The van der Waals surface area contributed by atoms with Gasteiger partial charge in [-0.1, -0.05) is 20.8 Å². The molecule has 0 radical (unpaired) electrons. The van der Waals surface area contributed by atoms with Crippen molar-refractivity contribution in [2.75, 3.05) is 5.73 Å². The van der Waals surface area contributed by atoms with Gasteiger partial charge in [0.25, 0.3) is 0 Å². The maximum atomic E-state index is 10.7. The summed E-state index contributed by atoms with van der Waals surface area (Å²) in [6.45, 7) is 8.15. The van der Waals surface area contributed by atoms with Crippen molar-refractivity contribution in [3.05, 3.63) is 40.8 Å². The van der Waals surface area contributed by atoms with E-state index in [9.17, 15) is 5.11 Å². The highest BCUT2D eigenvalue weighted by atomic mass is 16.3. The van der Waals surface area contributed by atoms with Gasteiger partial charge in [0.05, 0.1) is 5.69 Å². The Balaban J connectivity index is 2.54. The number of pyridine rings is 1. The normalized spacial score (nSPS) is 13.5. The molecule has 2 heterocycles. The molecule has 0 spiro atoms. The Kier molecular flexibility index (Phi) is 3.56. The second-order valence-corrected chi connectivity index (χ2v) is 6.25. The number of nitrogen functional groups attached to an aromatic ring is 1. The predicted molar refractivity (Wildman–Crippen MR) is 79.4 cm³/mol. The monoisotopic (exact) mass is 274 g/mol. The molecule has 2 aromatic heterocycles. The number of aromatic nitrogens is 3. The van der Waals surface area contributed by atoms with Crippen LogP contribution in [-0.2, 0) is 12.5 Å². The molecule has 108 valence electrons. The summed E-state index contributed by atoms with van der Waals surface area (Å²) < 4.78 is 1.72. The van der Waals surface area contributed by atoms with E-state index >= 15 is 0 Å². The van der Waals surface area contributed by atoms with E-state index in [-0.39, 0.29) is 5.41 Å². The van der Waals surface area contributed by atoms with Gasteiger partial charge in [0, 0.05) is 36.0 Å². The molecule has 20 heavy (non-hydrogen) atoms. The van der Waals surface area contributed by atoms with Crippen LogP contribution in [0.2, 0.25) is 0 Å². The minimum Gasteiger partial charge on any atom is -0.383 e. The smallest absolute Gasteiger partial charge is 0.129 e. The van der Waals surface area contributed by atoms with Crippen molar-refractivity contribution in [1.82, 2.24) is 14.8 Å². The second kappa shape index (κ2) is 4.90. The average Bonchev–Trinajstić information content (AvgIpc) is 2.73. The lowest BCUT2D eigenvalue weighted by Gasteiger charge is -2.20. The molecule has 1 atom stereocenters. The largest absolute Gasteiger partial charge is 0.383 e. The molecule has 5 nitrogen and oxygen atoms in total.